The summed E-state index contributed by atoms with van der Waals surface area (Å²) in [4.78, 5) is 0. The number of rotatable bonds is 5. The van der Waals surface area contributed by atoms with Crippen LogP contribution in [0.3, 0.4) is 0 Å². The summed E-state index contributed by atoms with van der Waals surface area (Å²) >= 11 is 0. The lowest BCUT2D eigenvalue weighted by molar-refractivity contribution is 0.324. The highest BCUT2D eigenvalue weighted by Crippen LogP contribution is 2.48. The van der Waals surface area contributed by atoms with E-state index in [1.807, 2.05) is 0 Å². The first-order valence-electron chi connectivity index (χ1n) is 9.32. The first kappa shape index (κ1) is 20.2. The lowest BCUT2D eigenvalue weighted by atomic mass is 9.79. The summed E-state index contributed by atoms with van der Waals surface area (Å²) in [5, 5.41) is 25.1. The molecule has 8 nitrogen and oxygen atoms in total. The van der Waals surface area contributed by atoms with Crippen LogP contribution in [0.4, 0.5) is 4.39 Å². The van der Waals surface area contributed by atoms with Gasteiger partial charge in [-0.1, -0.05) is 12.1 Å². The molecule has 3 aromatic rings. The summed E-state index contributed by atoms with van der Waals surface area (Å²) in [5.74, 6) is -0.589. The van der Waals surface area contributed by atoms with E-state index in [0.29, 0.717) is 39.6 Å². The highest BCUT2D eigenvalue weighted by Gasteiger charge is 2.41. The Morgan fingerprint density at radius 3 is 2.29 bits per heavy atom. The molecule has 0 aliphatic carbocycles. The molecule has 9 heteroatoms. The highest BCUT2D eigenvalue weighted by atomic mass is 19.1. The van der Waals surface area contributed by atoms with Crippen molar-refractivity contribution in [3.8, 4) is 40.5 Å². The molecule has 2 atom stereocenters. The van der Waals surface area contributed by atoms with Crippen molar-refractivity contribution in [2.75, 3.05) is 21.3 Å². The highest BCUT2D eigenvalue weighted by molar-refractivity contribution is 5.87. The van der Waals surface area contributed by atoms with Gasteiger partial charge in [-0.3, -0.25) is 10.5 Å². The molecule has 2 N–H and O–H groups in total. The first-order chi connectivity index (χ1) is 15.0. The molecular weight excluding hydrogens is 403 g/mol. The predicted octanol–water partition coefficient (Wildman–Crippen LogP) is 3.88. The van der Waals surface area contributed by atoms with E-state index in [4.69, 9.17) is 24.4 Å². The van der Waals surface area contributed by atoms with Crippen LogP contribution < -0.4 is 18.9 Å². The predicted molar refractivity (Wildman–Crippen MR) is 109 cm³/mol. The van der Waals surface area contributed by atoms with Crippen molar-refractivity contribution in [1.29, 1.82) is 10.7 Å². The number of hydrogen-bond acceptors (Lipinski definition) is 7. The van der Waals surface area contributed by atoms with Gasteiger partial charge in [0.05, 0.1) is 38.7 Å². The van der Waals surface area contributed by atoms with Gasteiger partial charge in [-0.05, 0) is 29.8 Å². The van der Waals surface area contributed by atoms with E-state index in [1.165, 1.54) is 33.5 Å². The molecule has 0 bridgehead atoms. The third-order valence-corrected chi connectivity index (χ3v) is 5.22. The van der Waals surface area contributed by atoms with Crippen molar-refractivity contribution in [1.82, 2.24) is 10.2 Å². The summed E-state index contributed by atoms with van der Waals surface area (Å²) in [5.41, 5.74) is 2.47. The maximum Gasteiger partial charge on any atom is 0.244 e. The lowest BCUT2D eigenvalue weighted by Gasteiger charge is -2.28. The third kappa shape index (κ3) is 3.32. The number of nitrogens with one attached hydrogen (secondary N) is 2. The molecule has 0 saturated carbocycles. The number of aromatic amines is 1. The fraction of sp³-hybridized carbons (Fsp3) is 0.227. The van der Waals surface area contributed by atoms with Gasteiger partial charge in [-0.15, -0.1) is 5.10 Å². The van der Waals surface area contributed by atoms with Crippen LogP contribution in [0.25, 0.3) is 11.3 Å². The zero-order valence-electron chi connectivity index (χ0n) is 17.0. The van der Waals surface area contributed by atoms with Gasteiger partial charge in [0.15, 0.2) is 11.5 Å². The Bertz CT molecular complexity index is 1160. The second-order valence-electron chi connectivity index (χ2n) is 6.83. The minimum Gasteiger partial charge on any atom is -0.493 e. The van der Waals surface area contributed by atoms with Gasteiger partial charge in [0, 0.05) is 11.5 Å². The average Bonchev–Trinajstić information content (AvgIpc) is 3.20. The molecule has 1 aliphatic rings. The molecule has 1 aliphatic heterocycles. The van der Waals surface area contributed by atoms with Crippen LogP contribution in [0.5, 0.6) is 23.1 Å². The van der Waals surface area contributed by atoms with Crippen LogP contribution in [0.15, 0.2) is 36.4 Å². The normalized spacial score (nSPS) is 17.3. The molecule has 31 heavy (non-hydrogen) atoms. The summed E-state index contributed by atoms with van der Waals surface area (Å²) < 4.78 is 35.3. The Morgan fingerprint density at radius 2 is 1.74 bits per heavy atom. The van der Waals surface area contributed by atoms with Gasteiger partial charge >= 0.3 is 0 Å². The summed E-state index contributed by atoms with van der Waals surface area (Å²) in [6.45, 7) is 0. The van der Waals surface area contributed by atoms with E-state index in [2.05, 4.69) is 16.3 Å². The maximum atomic E-state index is 13.5. The van der Waals surface area contributed by atoms with E-state index in [9.17, 15) is 9.65 Å². The standard InChI is InChI=1S/C22H19FN4O4/c1-28-15-8-12(9-16(29-2)20(15)30-3)19-18-17(11-4-6-13(23)7-5-11)14(10-24)21(25)31-22(18)27-26-19/h4-9,14,17,25H,1-3H3,(H,26,27). The molecule has 4 rings (SSSR count). The second-order valence-corrected chi connectivity index (χ2v) is 6.83. The Kier molecular flexibility index (Phi) is 5.21. The van der Waals surface area contributed by atoms with Crippen LogP contribution in [0.1, 0.15) is 17.0 Å². The van der Waals surface area contributed by atoms with Crippen LogP contribution in [0, 0.1) is 28.5 Å². The topological polar surface area (TPSA) is 113 Å². The number of halogens is 1. The van der Waals surface area contributed by atoms with Crippen LogP contribution in [-0.2, 0) is 0 Å². The smallest absolute Gasteiger partial charge is 0.244 e. The Morgan fingerprint density at radius 1 is 1.10 bits per heavy atom. The zero-order chi connectivity index (χ0) is 22.1. The number of nitriles is 1. The quantitative estimate of drug-likeness (QED) is 0.645. The SMILES string of the molecule is COc1cc(-c2[nH]nc3c2C(c2ccc(F)cc2)C(C#N)C(=N)O3)cc(OC)c1OC. The number of nitrogens with zero attached hydrogens (tertiary/aromatic N) is 2. The first-order valence-corrected chi connectivity index (χ1v) is 9.32. The summed E-state index contributed by atoms with van der Waals surface area (Å²) in [7, 11) is 4.54. The van der Waals surface area contributed by atoms with Crippen molar-refractivity contribution >= 4 is 5.90 Å². The molecule has 0 amide bonds. The molecule has 1 aromatic heterocycles. The van der Waals surface area contributed by atoms with Gasteiger partial charge in [0.2, 0.25) is 17.5 Å². The maximum absolute atomic E-state index is 13.5. The van der Waals surface area contributed by atoms with E-state index >= 15 is 0 Å². The zero-order valence-corrected chi connectivity index (χ0v) is 17.0. The molecule has 0 saturated heterocycles. The minimum atomic E-state index is -0.906. The number of fused-ring (bicyclic) bond motifs is 1. The fourth-order valence-electron chi connectivity index (χ4n) is 3.79. The molecule has 158 valence electrons. The number of H-pyrrole nitrogens is 1. The molecule has 0 spiro atoms. The van der Waals surface area contributed by atoms with Crippen LogP contribution in [-0.4, -0.2) is 37.4 Å². The van der Waals surface area contributed by atoms with Gasteiger partial charge in [0.1, 0.15) is 11.7 Å². The monoisotopic (exact) mass is 422 g/mol. The molecule has 2 heterocycles. The molecule has 0 fully saturated rings. The fourth-order valence-corrected chi connectivity index (χ4v) is 3.79. The van der Waals surface area contributed by atoms with Crippen molar-refractivity contribution < 1.29 is 23.3 Å². The van der Waals surface area contributed by atoms with Crippen molar-refractivity contribution in [3.63, 3.8) is 0 Å². The van der Waals surface area contributed by atoms with Gasteiger partial charge in [0.25, 0.3) is 0 Å². The molecule has 2 unspecified atom stereocenters. The third-order valence-electron chi connectivity index (χ3n) is 5.22. The van der Waals surface area contributed by atoms with Gasteiger partial charge < -0.3 is 18.9 Å². The number of ether oxygens (including phenoxy) is 4. The second kappa shape index (κ2) is 7.99. The van der Waals surface area contributed by atoms with Crippen LogP contribution >= 0.6 is 0 Å². The van der Waals surface area contributed by atoms with Crippen LogP contribution in [0.2, 0.25) is 0 Å². The van der Waals surface area contributed by atoms with E-state index in [0.717, 1.165) is 0 Å². The largest absolute Gasteiger partial charge is 0.493 e. The number of aromatic nitrogens is 2. The Hall–Kier alpha value is -4.06. The summed E-state index contributed by atoms with van der Waals surface area (Å²) in [6, 6.07) is 11.5. The molecule has 0 radical (unpaired) electrons. The number of benzene rings is 2. The Labute approximate surface area is 177 Å². The number of hydrogen-bond donors (Lipinski definition) is 2. The summed E-state index contributed by atoms with van der Waals surface area (Å²) in [6.07, 6.45) is 0. The van der Waals surface area contributed by atoms with E-state index in [-0.39, 0.29) is 11.8 Å². The van der Waals surface area contributed by atoms with Gasteiger partial charge in [-0.25, -0.2) is 4.39 Å². The Balaban J connectivity index is 1.94. The van der Waals surface area contributed by atoms with Crippen molar-refractivity contribution in [3.05, 3.63) is 53.3 Å². The lowest BCUT2D eigenvalue weighted by Crippen LogP contribution is -2.30. The molecule has 2 aromatic carbocycles. The number of methoxy groups -OCH3 is 3. The van der Waals surface area contributed by atoms with Crippen molar-refractivity contribution in [2.45, 2.75) is 5.92 Å². The van der Waals surface area contributed by atoms with Gasteiger partial charge in [-0.2, -0.15) is 5.26 Å². The molecular formula is C22H19FN4O4. The van der Waals surface area contributed by atoms with E-state index in [1.54, 1.807) is 24.3 Å². The average molecular weight is 422 g/mol. The minimum absolute atomic E-state index is 0.189. The van der Waals surface area contributed by atoms with E-state index < -0.39 is 17.7 Å². The van der Waals surface area contributed by atoms with Crippen molar-refractivity contribution in [2.24, 2.45) is 5.92 Å².